The van der Waals surface area contributed by atoms with E-state index in [0.29, 0.717) is 32.8 Å². The average Bonchev–Trinajstić information content (AvgIpc) is 2.89. The van der Waals surface area contributed by atoms with Gasteiger partial charge in [0.25, 0.3) is 0 Å². The van der Waals surface area contributed by atoms with Crippen molar-refractivity contribution in [2.75, 3.05) is 5.75 Å². The van der Waals surface area contributed by atoms with E-state index in [2.05, 4.69) is 5.32 Å². The quantitative estimate of drug-likeness (QED) is 0.243. The molecule has 1 N–H and O–H groups in total. The van der Waals surface area contributed by atoms with Crippen LogP contribution in [-0.2, 0) is 28.3 Å². The predicted octanol–water partition coefficient (Wildman–Crippen LogP) is 7.43. The summed E-state index contributed by atoms with van der Waals surface area (Å²) in [5.41, 5.74) is 2.65. The van der Waals surface area contributed by atoms with E-state index in [1.54, 1.807) is 23.1 Å². The number of hydrogen-bond donors (Lipinski definition) is 1. The van der Waals surface area contributed by atoms with Gasteiger partial charge in [-0.15, -0.1) is 11.8 Å². The Morgan fingerprint density at radius 2 is 1.54 bits per heavy atom. The van der Waals surface area contributed by atoms with Crippen molar-refractivity contribution in [3.8, 4) is 0 Å². The van der Waals surface area contributed by atoms with Crippen LogP contribution >= 0.6 is 46.6 Å². The molecule has 2 atom stereocenters. The molecule has 0 saturated carbocycles. The fourth-order valence-corrected chi connectivity index (χ4v) is 5.28. The monoisotopic (exact) mass is 576 g/mol. The summed E-state index contributed by atoms with van der Waals surface area (Å²) in [4.78, 5) is 28.9. The maximum absolute atomic E-state index is 13.7. The summed E-state index contributed by atoms with van der Waals surface area (Å²) in [6.07, 6.45) is 1.16. The molecule has 0 heterocycles. The minimum atomic E-state index is -0.729. The van der Waals surface area contributed by atoms with Crippen LogP contribution in [0.2, 0.25) is 15.1 Å². The first-order chi connectivity index (χ1) is 17.8. The second-order valence-electron chi connectivity index (χ2n) is 8.86. The van der Waals surface area contributed by atoms with Crippen molar-refractivity contribution in [2.24, 2.45) is 0 Å². The number of nitrogens with zero attached hydrogens (tertiary/aromatic N) is 1. The van der Waals surface area contributed by atoms with E-state index in [-0.39, 0.29) is 30.2 Å². The Balaban J connectivity index is 1.90. The van der Waals surface area contributed by atoms with Gasteiger partial charge in [-0.25, -0.2) is 0 Å². The van der Waals surface area contributed by atoms with Gasteiger partial charge in [0.05, 0.1) is 5.75 Å². The van der Waals surface area contributed by atoms with Crippen molar-refractivity contribution in [3.05, 3.63) is 105 Å². The van der Waals surface area contributed by atoms with Gasteiger partial charge in [0.2, 0.25) is 11.8 Å². The van der Waals surface area contributed by atoms with Gasteiger partial charge < -0.3 is 10.2 Å². The first-order valence-electron chi connectivity index (χ1n) is 12.2. The Labute approximate surface area is 238 Å². The number of thioether (sulfide) groups is 1. The molecule has 8 heteroatoms. The summed E-state index contributed by atoms with van der Waals surface area (Å²) in [5, 5.41) is 4.66. The minimum Gasteiger partial charge on any atom is -0.352 e. The maximum Gasteiger partial charge on any atom is 0.243 e. The number of amides is 2. The second kappa shape index (κ2) is 14.7. The number of carbonyl (C=O) groups is 2. The van der Waals surface area contributed by atoms with E-state index < -0.39 is 6.04 Å². The van der Waals surface area contributed by atoms with Crippen molar-refractivity contribution in [2.45, 2.75) is 51.1 Å². The smallest absolute Gasteiger partial charge is 0.243 e. The Hall–Kier alpha value is -2.18. The van der Waals surface area contributed by atoms with E-state index in [1.807, 2.05) is 68.4 Å². The Bertz CT molecular complexity index is 1160. The Morgan fingerprint density at radius 3 is 2.16 bits per heavy atom. The van der Waals surface area contributed by atoms with Gasteiger partial charge in [0.1, 0.15) is 6.04 Å². The molecule has 0 spiro atoms. The van der Waals surface area contributed by atoms with Gasteiger partial charge in [0.15, 0.2) is 0 Å². The molecule has 2 amide bonds. The average molecular weight is 578 g/mol. The van der Waals surface area contributed by atoms with Crippen LogP contribution in [0.15, 0.2) is 72.8 Å². The van der Waals surface area contributed by atoms with Gasteiger partial charge in [-0.3, -0.25) is 9.59 Å². The first kappa shape index (κ1) is 29.4. The second-order valence-corrected chi connectivity index (χ2v) is 11.1. The molecule has 0 aliphatic carbocycles. The number of carbonyl (C=O) groups excluding carboxylic acids is 2. The van der Waals surface area contributed by atoms with Crippen molar-refractivity contribution < 1.29 is 9.59 Å². The molecule has 4 nitrogen and oxygen atoms in total. The molecular weight excluding hydrogens is 547 g/mol. The molecule has 0 aliphatic rings. The molecule has 0 aromatic heterocycles. The van der Waals surface area contributed by atoms with Gasteiger partial charge in [0, 0.05) is 45.4 Å². The lowest BCUT2D eigenvalue weighted by Crippen LogP contribution is -2.52. The first-order valence-corrected chi connectivity index (χ1v) is 14.5. The number of hydrogen-bond acceptors (Lipinski definition) is 3. The molecule has 0 radical (unpaired) electrons. The van der Waals surface area contributed by atoms with Crippen LogP contribution < -0.4 is 5.32 Å². The van der Waals surface area contributed by atoms with E-state index in [0.717, 1.165) is 17.5 Å². The molecule has 0 fully saturated rings. The lowest BCUT2D eigenvalue weighted by molar-refractivity contribution is -0.139. The van der Waals surface area contributed by atoms with Crippen molar-refractivity contribution in [1.82, 2.24) is 10.2 Å². The zero-order chi connectivity index (χ0) is 26.8. The van der Waals surface area contributed by atoms with Crippen LogP contribution in [0, 0.1) is 0 Å². The molecule has 0 unspecified atom stereocenters. The van der Waals surface area contributed by atoms with Crippen LogP contribution in [0.4, 0.5) is 0 Å². The summed E-state index contributed by atoms with van der Waals surface area (Å²) in [6, 6.07) is 21.8. The topological polar surface area (TPSA) is 49.4 Å². The van der Waals surface area contributed by atoms with Crippen molar-refractivity contribution in [1.29, 1.82) is 0 Å². The summed E-state index contributed by atoms with van der Waals surface area (Å²) in [6.45, 7) is 4.10. The summed E-state index contributed by atoms with van der Waals surface area (Å²) >= 11 is 20.5. The summed E-state index contributed by atoms with van der Waals surface area (Å²) < 4.78 is 0. The maximum atomic E-state index is 13.7. The van der Waals surface area contributed by atoms with Gasteiger partial charge in [-0.1, -0.05) is 90.3 Å². The molecule has 3 aromatic carbocycles. The molecule has 3 aromatic rings. The number of rotatable bonds is 12. The highest BCUT2D eigenvalue weighted by atomic mass is 35.5. The molecular formula is C29H31Cl3N2O2S. The van der Waals surface area contributed by atoms with Crippen LogP contribution in [0.25, 0.3) is 0 Å². The lowest BCUT2D eigenvalue weighted by atomic mass is 10.0. The highest BCUT2D eigenvalue weighted by Crippen LogP contribution is 2.28. The third kappa shape index (κ3) is 8.96. The number of halogens is 3. The van der Waals surface area contributed by atoms with Crippen LogP contribution in [0.1, 0.15) is 37.0 Å². The Morgan fingerprint density at radius 1 is 0.892 bits per heavy atom. The number of benzene rings is 3. The van der Waals surface area contributed by atoms with Crippen molar-refractivity contribution in [3.63, 3.8) is 0 Å². The van der Waals surface area contributed by atoms with Crippen LogP contribution in [-0.4, -0.2) is 34.6 Å². The van der Waals surface area contributed by atoms with Gasteiger partial charge in [-0.05, 0) is 48.7 Å². The summed E-state index contributed by atoms with van der Waals surface area (Å²) in [5.74, 6) is 0.492. The molecule has 37 heavy (non-hydrogen) atoms. The zero-order valence-corrected chi connectivity index (χ0v) is 24.0. The fourth-order valence-electron chi connectivity index (χ4n) is 3.77. The highest BCUT2D eigenvalue weighted by molar-refractivity contribution is 7.99. The molecule has 0 saturated heterocycles. The fraction of sp³-hybridized carbons (Fsp3) is 0.310. The zero-order valence-electron chi connectivity index (χ0n) is 20.9. The van der Waals surface area contributed by atoms with Gasteiger partial charge in [-0.2, -0.15) is 0 Å². The Kier molecular flexibility index (Phi) is 11.7. The predicted molar refractivity (Wildman–Crippen MR) is 156 cm³/mol. The SMILES string of the molecule is CC[C@H](C)NC(=O)[C@@H](Cc1ccccc1)N(Cc1c(Cl)cccc1Cl)C(=O)CSCc1ccc(Cl)cc1. The molecule has 0 aliphatic heterocycles. The minimum absolute atomic E-state index is 0.0223. The molecule has 0 bridgehead atoms. The third-order valence-electron chi connectivity index (χ3n) is 6.07. The van der Waals surface area contributed by atoms with E-state index >= 15 is 0 Å². The van der Waals surface area contributed by atoms with E-state index in [9.17, 15) is 9.59 Å². The van der Waals surface area contributed by atoms with E-state index in [1.165, 1.54) is 11.8 Å². The van der Waals surface area contributed by atoms with Crippen LogP contribution in [0.5, 0.6) is 0 Å². The molecule has 3 rings (SSSR count). The largest absolute Gasteiger partial charge is 0.352 e. The highest BCUT2D eigenvalue weighted by Gasteiger charge is 2.31. The third-order valence-corrected chi connectivity index (χ3v) is 8.02. The van der Waals surface area contributed by atoms with Gasteiger partial charge >= 0.3 is 0 Å². The number of nitrogens with one attached hydrogen (secondary N) is 1. The van der Waals surface area contributed by atoms with Crippen molar-refractivity contribution >= 4 is 58.4 Å². The van der Waals surface area contributed by atoms with E-state index in [4.69, 9.17) is 34.8 Å². The standard InChI is InChI=1S/C29H31Cl3N2O2S/c1-3-20(2)33-29(36)27(16-21-8-5-4-6-9-21)34(17-24-25(31)10-7-11-26(24)32)28(35)19-37-18-22-12-14-23(30)15-13-22/h4-15,20,27H,3,16-19H2,1-2H3,(H,33,36)/t20-,27+/m0/s1. The lowest BCUT2D eigenvalue weighted by Gasteiger charge is -2.32. The normalized spacial score (nSPS) is 12.6. The van der Waals surface area contributed by atoms with Crippen LogP contribution in [0.3, 0.4) is 0 Å². The summed E-state index contributed by atoms with van der Waals surface area (Å²) in [7, 11) is 0. The molecule has 196 valence electrons.